The number of aromatic nitrogens is 1. The van der Waals surface area contributed by atoms with E-state index in [0.717, 1.165) is 11.4 Å². The van der Waals surface area contributed by atoms with Gasteiger partial charge < -0.3 is 20.1 Å². The SMILES string of the molecule is CC(C)c1ccc(Nc2ccc(C(=O)Nc3ccc4c(c3)OCO4)nc2)cc1. The number of nitrogens with zero attached hydrogens (tertiary/aromatic N) is 1. The molecular formula is C22H21N3O3. The molecule has 2 N–H and O–H groups in total. The number of carbonyl (C=O) groups excluding carboxylic acids is 1. The number of amides is 1. The van der Waals surface area contributed by atoms with Gasteiger partial charge in [-0.2, -0.15) is 0 Å². The lowest BCUT2D eigenvalue weighted by Crippen LogP contribution is -2.13. The number of hydrogen-bond donors (Lipinski definition) is 2. The van der Waals surface area contributed by atoms with Gasteiger partial charge in [0, 0.05) is 17.4 Å². The quantitative estimate of drug-likeness (QED) is 0.661. The highest BCUT2D eigenvalue weighted by molar-refractivity contribution is 6.03. The maximum atomic E-state index is 12.4. The van der Waals surface area contributed by atoms with Crippen molar-refractivity contribution in [3.05, 3.63) is 72.1 Å². The molecule has 6 heteroatoms. The van der Waals surface area contributed by atoms with Crippen LogP contribution in [0.3, 0.4) is 0 Å². The molecule has 0 aliphatic carbocycles. The minimum absolute atomic E-state index is 0.197. The van der Waals surface area contributed by atoms with Gasteiger partial charge in [-0.05, 0) is 47.9 Å². The fourth-order valence-corrected chi connectivity index (χ4v) is 2.89. The predicted molar refractivity (Wildman–Crippen MR) is 109 cm³/mol. The molecule has 6 nitrogen and oxygen atoms in total. The van der Waals surface area contributed by atoms with E-state index in [1.165, 1.54) is 5.56 Å². The molecule has 28 heavy (non-hydrogen) atoms. The number of benzene rings is 2. The van der Waals surface area contributed by atoms with E-state index in [2.05, 4.69) is 41.6 Å². The number of pyridine rings is 1. The molecule has 0 saturated carbocycles. The molecule has 4 rings (SSSR count). The number of hydrogen-bond acceptors (Lipinski definition) is 5. The molecule has 1 aliphatic rings. The summed E-state index contributed by atoms with van der Waals surface area (Å²) in [7, 11) is 0. The summed E-state index contributed by atoms with van der Waals surface area (Å²) >= 11 is 0. The van der Waals surface area contributed by atoms with E-state index in [-0.39, 0.29) is 12.7 Å². The Hall–Kier alpha value is -3.54. The van der Waals surface area contributed by atoms with Gasteiger partial charge in [0.2, 0.25) is 6.79 Å². The standard InChI is InChI=1S/C22H21N3O3/c1-14(2)15-3-5-16(6-4-15)24-18-7-9-19(23-12-18)22(26)25-17-8-10-20-21(11-17)28-13-27-20/h3-12,14,24H,13H2,1-2H3,(H,25,26). The predicted octanol–water partition coefficient (Wildman–Crippen LogP) is 4.93. The molecule has 0 saturated heterocycles. The maximum Gasteiger partial charge on any atom is 0.274 e. The Kier molecular flexibility index (Phi) is 4.85. The van der Waals surface area contributed by atoms with Gasteiger partial charge in [-0.1, -0.05) is 26.0 Å². The van der Waals surface area contributed by atoms with Crippen LogP contribution in [0.15, 0.2) is 60.8 Å². The summed E-state index contributed by atoms with van der Waals surface area (Å²) in [5.41, 5.74) is 4.04. The summed E-state index contributed by atoms with van der Waals surface area (Å²) in [4.78, 5) is 16.7. The first-order valence-electron chi connectivity index (χ1n) is 9.12. The van der Waals surface area contributed by atoms with Gasteiger partial charge in [0.25, 0.3) is 5.91 Å². The van der Waals surface area contributed by atoms with Crippen LogP contribution in [0.25, 0.3) is 0 Å². The fourth-order valence-electron chi connectivity index (χ4n) is 2.89. The van der Waals surface area contributed by atoms with Crippen molar-refractivity contribution in [3.8, 4) is 11.5 Å². The molecule has 0 atom stereocenters. The van der Waals surface area contributed by atoms with E-state index in [9.17, 15) is 4.79 Å². The highest BCUT2D eigenvalue weighted by Crippen LogP contribution is 2.34. The highest BCUT2D eigenvalue weighted by atomic mass is 16.7. The molecule has 1 amide bonds. The Labute approximate surface area is 163 Å². The second-order valence-electron chi connectivity index (χ2n) is 6.86. The van der Waals surface area contributed by atoms with Crippen LogP contribution < -0.4 is 20.1 Å². The summed E-state index contributed by atoms with van der Waals surface area (Å²) in [5.74, 6) is 1.51. The van der Waals surface area contributed by atoms with Crippen LogP contribution in [0.1, 0.15) is 35.8 Å². The van der Waals surface area contributed by atoms with Gasteiger partial charge in [0.05, 0.1) is 11.9 Å². The Morgan fingerprint density at radius 3 is 2.36 bits per heavy atom. The smallest absolute Gasteiger partial charge is 0.274 e. The molecule has 1 aliphatic heterocycles. The van der Waals surface area contributed by atoms with Gasteiger partial charge in [0.15, 0.2) is 11.5 Å². The molecule has 3 aromatic rings. The van der Waals surface area contributed by atoms with Crippen LogP contribution in [-0.2, 0) is 0 Å². The third-order valence-corrected chi connectivity index (χ3v) is 4.49. The van der Waals surface area contributed by atoms with Crippen LogP contribution in [0, 0.1) is 0 Å². The van der Waals surface area contributed by atoms with E-state index in [0.29, 0.717) is 28.8 Å². The van der Waals surface area contributed by atoms with Crippen molar-refractivity contribution < 1.29 is 14.3 Å². The zero-order chi connectivity index (χ0) is 19.5. The number of anilines is 3. The summed E-state index contributed by atoms with van der Waals surface area (Å²) in [6.45, 7) is 4.53. The third-order valence-electron chi connectivity index (χ3n) is 4.49. The Bertz CT molecular complexity index is 983. The number of fused-ring (bicyclic) bond motifs is 1. The molecular weight excluding hydrogens is 354 g/mol. The van der Waals surface area contributed by atoms with Crippen molar-refractivity contribution in [1.29, 1.82) is 0 Å². The average molecular weight is 375 g/mol. The normalized spacial score (nSPS) is 12.1. The first kappa shape index (κ1) is 17.9. The molecule has 2 heterocycles. The molecule has 0 fully saturated rings. The Balaban J connectivity index is 1.40. The van der Waals surface area contributed by atoms with E-state index in [4.69, 9.17) is 9.47 Å². The van der Waals surface area contributed by atoms with Crippen LogP contribution in [0.4, 0.5) is 17.1 Å². The highest BCUT2D eigenvalue weighted by Gasteiger charge is 2.15. The number of rotatable bonds is 5. The van der Waals surface area contributed by atoms with Crippen molar-refractivity contribution >= 4 is 23.0 Å². The first-order valence-corrected chi connectivity index (χ1v) is 9.12. The average Bonchev–Trinajstić information content (AvgIpc) is 3.17. The second kappa shape index (κ2) is 7.60. The molecule has 1 aromatic heterocycles. The topological polar surface area (TPSA) is 72.5 Å². The van der Waals surface area contributed by atoms with E-state index in [1.807, 2.05) is 18.2 Å². The summed E-state index contributed by atoms with van der Waals surface area (Å²) in [6, 6.07) is 17.1. The van der Waals surface area contributed by atoms with Crippen LogP contribution >= 0.6 is 0 Å². The van der Waals surface area contributed by atoms with Gasteiger partial charge in [-0.15, -0.1) is 0 Å². The molecule has 0 bridgehead atoms. The van der Waals surface area contributed by atoms with Gasteiger partial charge >= 0.3 is 0 Å². The van der Waals surface area contributed by atoms with Crippen molar-refractivity contribution in [3.63, 3.8) is 0 Å². The minimum Gasteiger partial charge on any atom is -0.454 e. The maximum absolute atomic E-state index is 12.4. The van der Waals surface area contributed by atoms with Crippen molar-refractivity contribution in [2.45, 2.75) is 19.8 Å². The number of carbonyl (C=O) groups is 1. The van der Waals surface area contributed by atoms with Crippen LogP contribution in [0.2, 0.25) is 0 Å². The van der Waals surface area contributed by atoms with E-state index < -0.39 is 0 Å². The largest absolute Gasteiger partial charge is 0.454 e. The third kappa shape index (κ3) is 3.91. The number of nitrogens with one attached hydrogen (secondary N) is 2. The van der Waals surface area contributed by atoms with Gasteiger partial charge in [-0.25, -0.2) is 4.98 Å². The zero-order valence-electron chi connectivity index (χ0n) is 15.7. The minimum atomic E-state index is -0.285. The fraction of sp³-hybridized carbons (Fsp3) is 0.182. The summed E-state index contributed by atoms with van der Waals surface area (Å²) in [6.07, 6.45) is 1.64. The lowest BCUT2D eigenvalue weighted by atomic mass is 10.0. The summed E-state index contributed by atoms with van der Waals surface area (Å²) in [5, 5.41) is 6.11. The van der Waals surface area contributed by atoms with Gasteiger partial charge in [0.1, 0.15) is 5.69 Å². The molecule has 0 unspecified atom stereocenters. The zero-order valence-corrected chi connectivity index (χ0v) is 15.7. The molecule has 0 spiro atoms. The number of ether oxygens (including phenoxy) is 2. The Morgan fingerprint density at radius 1 is 0.929 bits per heavy atom. The molecule has 142 valence electrons. The second-order valence-corrected chi connectivity index (χ2v) is 6.86. The van der Waals surface area contributed by atoms with Crippen LogP contribution in [-0.4, -0.2) is 17.7 Å². The molecule has 0 radical (unpaired) electrons. The lowest BCUT2D eigenvalue weighted by Gasteiger charge is -2.10. The van der Waals surface area contributed by atoms with Crippen molar-refractivity contribution in [2.75, 3.05) is 17.4 Å². The van der Waals surface area contributed by atoms with E-state index >= 15 is 0 Å². The first-order chi connectivity index (χ1) is 13.6. The summed E-state index contributed by atoms with van der Waals surface area (Å²) < 4.78 is 10.6. The molecule has 2 aromatic carbocycles. The van der Waals surface area contributed by atoms with Crippen molar-refractivity contribution in [1.82, 2.24) is 4.98 Å². The monoisotopic (exact) mass is 375 g/mol. The van der Waals surface area contributed by atoms with Gasteiger partial charge in [-0.3, -0.25) is 4.79 Å². The van der Waals surface area contributed by atoms with Crippen molar-refractivity contribution in [2.24, 2.45) is 0 Å². The van der Waals surface area contributed by atoms with Crippen LogP contribution in [0.5, 0.6) is 11.5 Å². The Morgan fingerprint density at radius 2 is 1.64 bits per heavy atom. The lowest BCUT2D eigenvalue weighted by molar-refractivity contribution is 0.102. The van der Waals surface area contributed by atoms with E-state index in [1.54, 1.807) is 30.5 Å².